The van der Waals surface area contributed by atoms with E-state index in [4.69, 9.17) is 4.74 Å². The quantitative estimate of drug-likeness (QED) is 0.511. The molecule has 6 heteroatoms. The van der Waals surface area contributed by atoms with Gasteiger partial charge in [-0.3, -0.25) is 14.4 Å². The fourth-order valence-electron chi connectivity index (χ4n) is 7.17. The number of carbonyl (C=O) groups excluding carboxylic acids is 3. The molecule has 0 heterocycles. The molecule has 4 rings (SSSR count). The smallest absolute Gasteiger partial charge is 0.306 e. The van der Waals surface area contributed by atoms with Gasteiger partial charge in [-0.05, 0) is 66.7 Å². The molecule has 1 fully saturated rings. The average Bonchev–Trinajstić information content (AvgIpc) is 2.97. The van der Waals surface area contributed by atoms with Crippen LogP contribution >= 0.6 is 0 Å². The molecule has 0 aromatic rings. The second kappa shape index (κ2) is 8.05. The summed E-state index contributed by atoms with van der Waals surface area (Å²) in [5.74, 6) is -1.08. The van der Waals surface area contributed by atoms with Crippen molar-refractivity contribution in [2.75, 3.05) is 6.61 Å². The van der Waals surface area contributed by atoms with E-state index in [9.17, 15) is 19.5 Å². The third kappa shape index (κ3) is 3.42. The highest BCUT2D eigenvalue weighted by atomic mass is 19.1. The normalized spacial score (nSPS) is 40.4. The van der Waals surface area contributed by atoms with Crippen LogP contribution in [0.3, 0.4) is 0 Å². The lowest BCUT2D eigenvalue weighted by atomic mass is 9.53. The zero-order valence-corrected chi connectivity index (χ0v) is 19.3. The number of ether oxygens (including phenoxy) is 1. The minimum absolute atomic E-state index is 0.0288. The number of fused-ring (bicyclic) bond motifs is 4. The van der Waals surface area contributed by atoms with Gasteiger partial charge in [0.2, 0.25) is 0 Å². The number of Topliss-reactive ketones (excluding diaryl/α,β-unsaturated/α-hetero) is 1. The predicted octanol–water partition coefficient (Wildman–Crippen LogP) is 4.05. The van der Waals surface area contributed by atoms with Crippen LogP contribution in [0.2, 0.25) is 0 Å². The van der Waals surface area contributed by atoms with Crippen molar-refractivity contribution < 1.29 is 28.6 Å². The lowest BCUT2D eigenvalue weighted by molar-refractivity contribution is -0.151. The number of aliphatic hydroxyl groups excluding tert-OH is 1. The molecular weight excluding hydrogens is 411 g/mol. The molecule has 0 aliphatic heterocycles. The number of allylic oxidation sites excluding steroid dienone is 5. The van der Waals surface area contributed by atoms with Gasteiger partial charge >= 0.3 is 5.97 Å². The van der Waals surface area contributed by atoms with Crippen LogP contribution in [0.5, 0.6) is 0 Å². The molecule has 5 nitrogen and oxygen atoms in total. The van der Waals surface area contributed by atoms with Crippen molar-refractivity contribution in [3.63, 3.8) is 0 Å². The molecule has 0 amide bonds. The summed E-state index contributed by atoms with van der Waals surface area (Å²) in [4.78, 5) is 36.9. The van der Waals surface area contributed by atoms with Crippen LogP contribution in [0.1, 0.15) is 59.8 Å². The number of esters is 1. The Morgan fingerprint density at radius 2 is 2.03 bits per heavy atom. The lowest BCUT2D eigenvalue weighted by Crippen LogP contribution is -2.49. The van der Waals surface area contributed by atoms with Crippen molar-refractivity contribution in [1.82, 2.24) is 0 Å². The highest BCUT2D eigenvalue weighted by molar-refractivity contribution is 6.01. The summed E-state index contributed by atoms with van der Waals surface area (Å²) in [5.41, 5.74) is 0.786. The van der Waals surface area contributed by atoms with Crippen LogP contribution in [-0.4, -0.2) is 41.5 Å². The van der Waals surface area contributed by atoms with Crippen molar-refractivity contribution in [2.45, 2.75) is 72.1 Å². The number of aliphatic hydroxyl groups is 1. The van der Waals surface area contributed by atoms with E-state index in [1.54, 1.807) is 6.08 Å². The van der Waals surface area contributed by atoms with Gasteiger partial charge in [-0.15, -0.1) is 0 Å². The molecule has 0 saturated heterocycles. The monoisotopic (exact) mass is 444 g/mol. The molecule has 0 radical (unpaired) electrons. The van der Waals surface area contributed by atoms with E-state index in [1.165, 1.54) is 12.2 Å². The topological polar surface area (TPSA) is 80.7 Å². The number of rotatable bonds is 5. The fraction of sp³-hybridized carbons (Fsp3) is 0.654. The average molecular weight is 445 g/mol. The van der Waals surface area contributed by atoms with Crippen LogP contribution in [0.25, 0.3) is 0 Å². The zero-order chi connectivity index (χ0) is 23.4. The first-order valence-corrected chi connectivity index (χ1v) is 11.7. The van der Waals surface area contributed by atoms with Crippen molar-refractivity contribution in [3.05, 3.63) is 34.9 Å². The maximum atomic E-state index is 15.4. The molecule has 4 aliphatic rings. The predicted molar refractivity (Wildman–Crippen MR) is 117 cm³/mol. The minimum atomic E-state index is -1.29. The van der Waals surface area contributed by atoms with Gasteiger partial charge in [0.05, 0.1) is 6.10 Å². The zero-order valence-electron chi connectivity index (χ0n) is 19.3. The minimum Gasteiger partial charge on any atom is -0.458 e. The maximum Gasteiger partial charge on any atom is 0.306 e. The Balaban J connectivity index is 1.68. The Morgan fingerprint density at radius 1 is 1.31 bits per heavy atom. The summed E-state index contributed by atoms with van der Waals surface area (Å²) in [5, 5.41) is 11.3. The molecule has 0 aromatic heterocycles. The summed E-state index contributed by atoms with van der Waals surface area (Å²) in [6.45, 7) is 7.55. The molecule has 7 atom stereocenters. The Bertz CT molecular complexity index is 946. The number of hydrogen-bond acceptors (Lipinski definition) is 5. The Kier molecular flexibility index (Phi) is 5.81. The summed E-state index contributed by atoms with van der Waals surface area (Å²) >= 11 is 0. The molecule has 0 bridgehead atoms. The number of carbonyl (C=O) groups is 3. The van der Waals surface area contributed by atoms with Gasteiger partial charge in [0.1, 0.15) is 12.8 Å². The van der Waals surface area contributed by atoms with Gasteiger partial charge in [0.15, 0.2) is 11.6 Å². The largest absolute Gasteiger partial charge is 0.458 e. The van der Waals surface area contributed by atoms with Gasteiger partial charge in [-0.2, -0.15) is 0 Å². The molecule has 174 valence electrons. The van der Waals surface area contributed by atoms with Crippen molar-refractivity contribution in [1.29, 1.82) is 0 Å². The maximum absolute atomic E-state index is 15.4. The summed E-state index contributed by atoms with van der Waals surface area (Å²) in [7, 11) is 0. The number of halogens is 1. The van der Waals surface area contributed by atoms with Crippen LogP contribution < -0.4 is 0 Å². The number of alkyl halides is 1. The molecule has 0 aromatic carbocycles. The molecule has 1 N–H and O–H groups in total. The third-order valence-corrected chi connectivity index (χ3v) is 8.37. The van der Waals surface area contributed by atoms with E-state index in [2.05, 4.69) is 0 Å². The Morgan fingerprint density at radius 3 is 2.72 bits per heavy atom. The summed E-state index contributed by atoms with van der Waals surface area (Å²) in [6.07, 6.45) is 4.66. The standard InChI is InChI=1S/C26H33FO5/c1-5-6-22(31)32-13-21(30)23-14(2)9-17-16-11-19(27)18-10-15(28)7-8-25(18,3)24(16)20(29)12-26(17,23)4/h7-8,10,14,17,19-20,23,29H,5-6,9,11-13H2,1-4H3/t14?,17-,19?,20?,23+,25-,26-/m0/s1. The lowest BCUT2D eigenvalue weighted by Gasteiger charge is -2.52. The highest BCUT2D eigenvalue weighted by Gasteiger charge is 2.61. The van der Waals surface area contributed by atoms with Crippen LogP contribution in [0, 0.1) is 28.6 Å². The van der Waals surface area contributed by atoms with Crippen LogP contribution in [-0.2, 0) is 19.1 Å². The summed E-state index contributed by atoms with van der Waals surface area (Å²) < 4.78 is 20.6. The highest BCUT2D eigenvalue weighted by Crippen LogP contribution is 2.65. The molecule has 1 saturated carbocycles. The van der Waals surface area contributed by atoms with Gasteiger partial charge in [0, 0.05) is 24.2 Å². The van der Waals surface area contributed by atoms with Crippen molar-refractivity contribution in [3.8, 4) is 0 Å². The van der Waals surface area contributed by atoms with Gasteiger partial charge in [0.25, 0.3) is 0 Å². The SMILES string of the molecule is CCCC(=O)OCC(=O)[C@H]1C(C)C[C@H]2C3=C(C(O)C[C@@]21C)[C@@]1(C)C=CC(=O)C=C1C(F)C3. The van der Waals surface area contributed by atoms with Gasteiger partial charge in [-0.1, -0.05) is 32.4 Å². The van der Waals surface area contributed by atoms with Crippen LogP contribution in [0.15, 0.2) is 34.9 Å². The number of ketones is 2. The van der Waals surface area contributed by atoms with Crippen molar-refractivity contribution in [2.24, 2.45) is 28.6 Å². The Labute approximate surface area is 188 Å². The van der Waals surface area contributed by atoms with Gasteiger partial charge < -0.3 is 9.84 Å². The second-order valence-electron chi connectivity index (χ2n) is 10.5. The molecular formula is C26H33FO5. The van der Waals surface area contributed by atoms with Crippen LogP contribution in [0.4, 0.5) is 4.39 Å². The molecule has 0 spiro atoms. The van der Waals surface area contributed by atoms with E-state index >= 15 is 4.39 Å². The van der Waals surface area contributed by atoms with E-state index in [1.807, 2.05) is 27.7 Å². The Hall–Kier alpha value is -2.08. The number of hydrogen-bond donors (Lipinski definition) is 1. The van der Waals surface area contributed by atoms with Crippen molar-refractivity contribution >= 4 is 17.5 Å². The fourth-order valence-corrected chi connectivity index (χ4v) is 7.17. The molecule has 4 aliphatic carbocycles. The van der Waals surface area contributed by atoms with E-state index in [0.717, 1.165) is 17.6 Å². The molecule has 32 heavy (non-hydrogen) atoms. The molecule has 3 unspecified atom stereocenters. The first-order valence-electron chi connectivity index (χ1n) is 11.7. The third-order valence-electron chi connectivity index (χ3n) is 8.37. The van der Waals surface area contributed by atoms with E-state index in [-0.39, 0.29) is 54.7 Å². The summed E-state index contributed by atoms with van der Waals surface area (Å²) in [6, 6.07) is 0. The second-order valence-corrected chi connectivity index (χ2v) is 10.5. The van der Waals surface area contributed by atoms with Gasteiger partial charge in [-0.25, -0.2) is 4.39 Å². The first-order chi connectivity index (χ1) is 15.0. The van der Waals surface area contributed by atoms with E-state index < -0.39 is 23.1 Å². The first kappa shape index (κ1) is 23.1. The van der Waals surface area contributed by atoms with E-state index in [0.29, 0.717) is 18.4 Å².